The van der Waals surface area contributed by atoms with Gasteiger partial charge in [-0.25, -0.2) is 19.9 Å². The summed E-state index contributed by atoms with van der Waals surface area (Å²) in [6, 6.07) is 14.4. The molecule has 4 aromatic rings. The monoisotopic (exact) mass is 560 g/mol. The van der Waals surface area contributed by atoms with E-state index in [-0.39, 0.29) is 17.7 Å². The van der Waals surface area contributed by atoms with Crippen LogP contribution in [0.4, 0.5) is 20.4 Å². The number of aromatic nitrogens is 4. The van der Waals surface area contributed by atoms with E-state index in [2.05, 4.69) is 49.4 Å². The Morgan fingerprint density at radius 3 is 2.22 bits per heavy atom. The van der Waals surface area contributed by atoms with Gasteiger partial charge < -0.3 is 10.2 Å². The average molecular weight is 561 g/mol. The van der Waals surface area contributed by atoms with Crippen LogP contribution in [0.1, 0.15) is 54.6 Å². The Labute approximate surface area is 240 Å². The van der Waals surface area contributed by atoms with Crippen molar-refractivity contribution in [2.75, 3.05) is 30.4 Å². The minimum Gasteiger partial charge on any atom is -0.373 e. The highest BCUT2D eigenvalue weighted by Gasteiger charge is 2.40. The first-order valence-corrected chi connectivity index (χ1v) is 14.1. The summed E-state index contributed by atoms with van der Waals surface area (Å²) >= 11 is 0. The van der Waals surface area contributed by atoms with Crippen LogP contribution in [-0.2, 0) is 23.6 Å². The van der Waals surface area contributed by atoms with Crippen LogP contribution in [0.5, 0.6) is 0 Å². The van der Waals surface area contributed by atoms with Gasteiger partial charge in [-0.05, 0) is 79.8 Å². The molecule has 1 aromatic carbocycles. The largest absolute Gasteiger partial charge is 0.373 e. The maximum Gasteiger partial charge on any atom is 0.331 e. The van der Waals surface area contributed by atoms with E-state index in [1.807, 2.05) is 39.1 Å². The number of benzene rings is 1. The van der Waals surface area contributed by atoms with Crippen LogP contribution < -0.4 is 10.2 Å². The molecule has 216 valence electrons. The second-order valence-electron chi connectivity index (χ2n) is 10.5. The fourth-order valence-electron chi connectivity index (χ4n) is 5.71. The molecule has 0 amide bonds. The zero-order valence-corrected chi connectivity index (χ0v) is 24.4. The SMILES string of the molecule is CC.CNc1nccc(C)c1C(F)(F)C=O.Cc1ccc2nc(N3CCC4(CC3)Cc3ccccc3C4)cnc2n1. The fourth-order valence-corrected chi connectivity index (χ4v) is 5.71. The van der Waals surface area contributed by atoms with Crippen LogP contribution in [0.3, 0.4) is 0 Å². The van der Waals surface area contributed by atoms with Crippen molar-refractivity contribution in [1.82, 2.24) is 19.9 Å². The van der Waals surface area contributed by atoms with E-state index in [0.717, 1.165) is 35.8 Å². The zero-order valence-electron chi connectivity index (χ0n) is 24.4. The van der Waals surface area contributed by atoms with Crippen LogP contribution in [0, 0.1) is 19.3 Å². The Hall–Kier alpha value is -4.01. The van der Waals surface area contributed by atoms with Crippen LogP contribution >= 0.6 is 0 Å². The lowest BCUT2D eigenvalue weighted by Gasteiger charge is -2.39. The van der Waals surface area contributed by atoms with Crippen molar-refractivity contribution < 1.29 is 13.6 Å². The molecular weight excluding hydrogens is 522 g/mol. The van der Waals surface area contributed by atoms with E-state index in [1.165, 1.54) is 51.9 Å². The predicted molar refractivity (Wildman–Crippen MR) is 160 cm³/mol. The van der Waals surface area contributed by atoms with Gasteiger partial charge in [0.2, 0.25) is 0 Å². The average Bonchev–Trinajstić information content (AvgIpc) is 3.36. The van der Waals surface area contributed by atoms with Crippen LogP contribution in [-0.4, -0.2) is 46.4 Å². The molecule has 1 aliphatic carbocycles. The van der Waals surface area contributed by atoms with E-state index in [9.17, 15) is 13.6 Å². The summed E-state index contributed by atoms with van der Waals surface area (Å²) < 4.78 is 26.3. The molecule has 0 atom stereocenters. The minimum atomic E-state index is -3.49. The first-order chi connectivity index (χ1) is 19.7. The van der Waals surface area contributed by atoms with Gasteiger partial charge in [0.15, 0.2) is 11.9 Å². The Morgan fingerprint density at radius 2 is 1.61 bits per heavy atom. The fraction of sp³-hybridized carbons (Fsp3) is 0.406. The van der Waals surface area contributed by atoms with E-state index in [4.69, 9.17) is 4.98 Å². The maximum absolute atomic E-state index is 13.1. The number of halogens is 2. The molecule has 9 heteroatoms. The van der Waals surface area contributed by atoms with Crippen molar-refractivity contribution in [2.24, 2.45) is 5.41 Å². The number of hydrogen-bond acceptors (Lipinski definition) is 7. The number of aldehydes is 1. The van der Waals surface area contributed by atoms with Gasteiger partial charge in [0.05, 0.1) is 11.8 Å². The van der Waals surface area contributed by atoms with Gasteiger partial charge in [0.1, 0.15) is 17.2 Å². The number of pyridine rings is 2. The van der Waals surface area contributed by atoms with Gasteiger partial charge in [-0.1, -0.05) is 38.1 Å². The summed E-state index contributed by atoms with van der Waals surface area (Å²) in [6.07, 6.45) is 7.86. The van der Waals surface area contributed by atoms with Crippen molar-refractivity contribution >= 4 is 29.1 Å². The number of aryl methyl sites for hydroxylation is 2. The summed E-state index contributed by atoms with van der Waals surface area (Å²) in [5, 5.41) is 2.53. The highest BCUT2D eigenvalue weighted by atomic mass is 19.3. The number of hydrogen-bond donors (Lipinski definition) is 1. The molecular formula is C32H38F2N6O. The molecule has 1 spiro atoms. The molecule has 0 saturated carbocycles. The third kappa shape index (κ3) is 6.50. The first kappa shape index (κ1) is 30.0. The van der Waals surface area contributed by atoms with Gasteiger partial charge in [0.25, 0.3) is 0 Å². The van der Waals surface area contributed by atoms with Crippen LogP contribution in [0.2, 0.25) is 0 Å². The highest BCUT2D eigenvalue weighted by molar-refractivity contribution is 5.71. The topological polar surface area (TPSA) is 83.9 Å². The van der Waals surface area contributed by atoms with Crippen molar-refractivity contribution in [3.05, 3.63) is 82.8 Å². The molecule has 0 bridgehead atoms. The molecule has 2 aliphatic rings. The molecule has 3 aromatic heterocycles. The number of nitrogens with one attached hydrogen (secondary N) is 1. The molecule has 6 rings (SSSR count). The quantitative estimate of drug-likeness (QED) is 0.287. The number of fused-ring (bicyclic) bond motifs is 2. The summed E-state index contributed by atoms with van der Waals surface area (Å²) in [6.45, 7) is 9.62. The van der Waals surface area contributed by atoms with Crippen LogP contribution in [0.25, 0.3) is 11.2 Å². The number of anilines is 2. The second-order valence-corrected chi connectivity index (χ2v) is 10.5. The summed E-state index contributed by atoms with van der Waals surface area (Å²) in [5.41, 5.74) is 6.16. The number of carbonyl (C=O) groups excluding carboxylic acids is 1. The molecule has 0 unspecified atom stereocenters. The Bertz CT molecular complexity index is 1470. The lowest BCUT2D eigenvalue weighted by Crippen LogP contribution is -2.41. The third-order valence-corrected chi connectivity index (χ3v) is 7.81. The lowest BCUT2D eigenvalue weighted by atomic mass is 9.76. The Kier molecular flexibility index (Phi) is 9.25. The lowest BCUT2D eigenvalue weighted by molar-refractivity contribution is -0.130. The molecule has 4 heterocycles. The van der Waals surface area contributed by atoms with Gasteiger partial charge in [-0.2, -0.15) is 8.78 Å². The highest BCUT2D eigenvalue weighted by Crippen LogP contribution is 2.45. The molecule has 0 radical (unpaired) electrons. The van der Waals surface area contributed by atoms with Gasteiger partial charge in [0, 0.05) is 32.0 Å². The van der Waals surface area contributed by atoms with Crippen molar-refractivity contribution in [2.45, 2.75) is 59.3 Å². The summed E-state index contributed by atoms with van der Waals surface area (Å²) in [5.74, 6) is -2.47. The zero-order chi connectivity index (χ0) is 29.6. The Balaban J connectivity index is 0.000000207. The van der Waals surface area contributed by atoms with E-state index >= 15 is 0 Å². The molecule has 1 aliphatic heterocycles. The van der Waals surface area contributed by atoms with Gasteiger partial charge >= 0.3 is 5.92 Å². The van der Waals surface area contributed by atoms with Crippen molar-refractivity contribution in [3.63, 3.8) is 0 Å². The predicted octanol–water partition coefficient (Wildman–Crippen LogP) is 6.47. The normalized spacial score (nSPS) is 15.3. The molecule has 41 heavy (non-hydrogen) atoms. The molecule has 1 saturated heterocycles. The third-order valence-electron chi connectivity index (χ3n) is 7.81. The van der Waals surface area contributed by atoms with E-state index < -0.39 is 5.92 Å². The van der Waals surface area contributed by atoms with Gasteiger partial charge in [-0.3, -0.25) is 4.79 Å². The molecule has 7 nitrogen and oxygen atoms in total. The number of carbonyl (C=O) groups is 1. The van der Waals surface area contributed by atoms with Crippen molar-refractivity contribution in [1.29, 1.82) is 0 Å². The second kappa shape index (κ2) is 12.7. The number of piperidine rings is 1. The van der Waals surface area contributed by atoms with Crippen LogP contribution in [0.15, 0.2) is 54.9 Å². The number of nitrogens with zero attached hydrogens (tertiary/aromatic N) is 5. The van der Waals surface area contributed by atoms with Gasteiger partial charge in [-0.15, -0.1) is 0 Å². The maximum atomic E-state index is 13.1. The van der Waals surface area contributed by atoms with Crippen molar-refractivity contribution in [3.8, 4) is 0 Å². The number of rotatable bonds is 4. The molecule has 1 fully saturated rings. The summed E-state index contributed by atoms with van der Waals surface area (Å²) in [7, 11) is 1.48. The standard InChI is InChI=1S/C21H22N4.C9H10F2N2O.C2H6/c1-15-6-7-18-20(23-15)22-14-19(24-18)25-10-8-21(9-11-25)12-16-4-2-3-5-17(16)13-21;1-6-3-4-13-8(12-2)7(6)9(10,11)5-14;1-2/h2-7,14H,8-13H2,1H3;3-5H,1-2H3,(H,12,13);1-2H3. The Morgan fingerprint density at radius 1 is 0.951 bits per heavy atom. The number of alkyl halides is 2. The summed E-state index contributed by atoms with van der Waals surface area (Å²) in [4.78, 5) is 30.1. The first-order valence-electron chi connectivity index (χ1n) is 14.1. The van der Waals surface area contributed by atoms with E-state index in [1.54, 1.807) is 11.1 Å². The smallest absolute Gasteiger partial charge is 0.331 e. The minimum absolute atomic E-state index is 0.0297. The van der Waals surface area contributed by atoms with E-state index in [0.29, 0.717) is 11.0 Å². The molecule has 1 N–H and O–H groups in total.